The average Bonchev–Trinajstić information content (AvgIpc) is 3.27. The first-order chi connectivity index (χ1) is 14.9. The number of carbonyl (C=O) groups excluding carboxylic acids is 1. The number of carboxylic acids is 1. The number of hydrogen-bond donors (Lipinski definition) is 3. The van der Waals surface area contributed by atoms with Crippen molar-refractivity contribution in [1.82, 2.24) is 10.6 Å². The fourth-order valence-electron chi connectivity index (χ4n) is 3.55. The predicted molar refractivity (Wildman–Crippen MR) is 119 cm³/mol. The molecule has 1 aromatic rings. The van der Waals surface area contributed by atoms with E-state index in [0.29, 0.717) is 19.3 Å². The first-order valence-electron chi connectivity index (χ1n) is 10.5. The van der Waals surface area contributed by atoms with Crippen LogP contribution < -0.4 is 10.6 Å². The summed E-state index contributed by atoms with van der Waals surface area (Å²) in [6.07, 6.45) is 4.49. The number of carboxylic acid groups (broad SMARTS) is 1. The van der Waals surface area contributed by atoms with Crippen LogP contribution in [-0.4, -0.2) is 43.0 Å². The van der Waals surface area contributed by atoms with Gasteiger partial charge in [0.1, 0.15) is 0 Å². The smallest absolute Gasteiger partial charge is 0.332 e. The van der Waals surface area contributed by atoms with Crippen molar-refractivity contribution < 1.29 is 23.8 Å². The summed E-state index contributed by atoms with van der Waals surface area (Å²) in [4.78, 5) is 23.7. The normalized spacial score (nSPS) is 20.4. The zero-order chi connectivity index (χ0) is 22.9. The third kappa shape index (κ3) is 6.35. The number of nitrogens with one attached hydrogen (secondary N) is 2. The van der Waals surface area contributed by atoms with Gasteiger partial charge in [0.2, 0.25) is 0 Å². The molecule has 7 heteroatoms. The topological polar surface area (TPSA) is 87.7 Å². The van der Waals surface area contributed by atoms with Gasteiger partial charge >= 0.3 is 5.97 Å². The van der Waals surface area contributed by atoms with Gasteiger partial charge in [0.15, 0.2) is 0 Å². The van der Waals surface area contributed by atoms with Gasteiger partial charge in [0.25, 0.3) is 11.8 Å². The fourth-order valence-corrected chi connectivity index (χ4v) is 3.55. The molecule has 3 rings (SSSR count). The number of hydrogen-bond acceptors (Lipinski definition) is 4. The Kier molecular flexibility index (Phi) is 9.15. The number of allylic oxidation sites excluding steroid dienone is 2. The second-order valence-corrected chi connectivity index (χ2v) is 7.27. The molecule has 0 bridgehead atoms. The molecule has 0 aromatic heterocycles. The molecule has 3 N–H and O–H groups in total. The highest BCUT2D eigenvalue weighted by Gasteiger charge is 2.39. The molecule has 0 aliphatic heterocycles. The van der Waals surface area contributed by atoms with Crippen LogP contribution in [0.3, 0.4) is 0 Å². The lowest BCUT2D eigenvalue weighted by Crippen LogP contribution is -2.40. The highest BCUT2D eigenvalue weighted by Crippen LogP contribution is 2.37. The first-order valence-corrected chi connectivity index (χ1v) is 10.5. The van der Waals surface area contributed by atoms with Crippen molar-refractivity contribution in [2.24, 2.45) is 0 Å². The van der Waals surface area contributed by atoms with Gasteiger partial charge in [-0.1, -0.05) is 50.3 Å². The highest BCUT2D eigenvalue weighted by molar-refractivity contribution is 6.03. The zero-order valence-corrected chi connectivity index (χ0v) is 18.3. The molecule has 168 valence electrons. The van der Waals surface area contributed by atoms with E-state index < -0.39 is 17.7 Å². The number of carbonyl (C=O) groups is 2. The maximum absolute atomic E-state index is 15.3. The van der Waals surface area contributed by atoms with Crippen LogP contribution in [0.1, 0.15) is 45.1 Å². The minimum absolute atomic E-state index is 0.0196. The molecule has 31 heavy (non-hydrogen) atoms. The zero-order valence-electron chi connectivity index (χ0n) is 18.3. The van der Waals surface area contributed by atoms with E-state index in [4.69, 9.17) is 4.74 Å². The summed E-state index contributed by atoms with van der Waals surface area (Å²) in [7, 11) is 1.24. The van der Waals surface area contributed by atoms with Crippen LogP contribution in [0.25, 0.3) is 5.57 Å². The highest BCUT2D eigenvalue weighted by atomic mass is 19.2. The van der Waals surface area contributed by atoms with Crippen LogP contribution >= 0.6 is 0 Å². The van der Waals surface area contributed by atoms with E-state index in [1.165, 1.54) is 13.2 Å². The van der Waals surface area contributed by atoms with E-state index >= 15 is 4.39 Å². The van der Waals surface area contributed by atoms with Gasteiger partial charge in [0.05, 0.1) is 5.70 Å². The molecule has 0 saturated carbocycles. The van der Waals surface area contributed by atoms with Gasteiger partial charge in [-0.3, -0.25) is 4.79 Å². The van der Waals surface area contributed by atoms with E-state index in [2.05, 4.69) is 24.5 Å². The Morgan fingerprint density at radius 3 is 2.29 bits per heavy atom. The van der Waals surface area contributed by atoms with Crippen LogP contribution in [-0.2, 0) is 14.3 Å². The molecular formula is C24H31FN2O4. The molecule has 6 nitrogen and oxygen atoms in total. The van der Waals surface area contributed by atoms with Crippen LogP contribution in [0.2, 0.25) is 0 Å². The minimum Gasteiger partial charge on any atom is -0.478 e. The summed E-state index contributed by atoms with van der Waals surface area (Å²) in [6, 6.07) is 9.36. The number of aliphatic carboxylic acids is 1. The maximum atomic E-state index is 15.3. The van der Waals surface area contributed by atoms with Crippen LogP contribution in [0.4, 0.5) is 4.39 Å². The van der Waals surface area contributed by atoms with Gasteiger partial charge in [-0.2, -0.15) is 0 Å². The molecule has 1 aromatic carbocycles. The van der Waals surface area contributed by atoms with E-state index in [0.717, 1.165) is 24.2 Å². The lowest BCUT2D eigenvalue weighted by atomic mass is 9.92. The van der Waals surface area contributed by atoms with Gasteiger partial charge in [-0.25, -0.2) is 9.18 Å². The van der Waals surface area contributed by atoms with E-state index in [1.54, 1.807) is 6.08 Å². The summed E-state index contributed by atoms with van der Waals surface area (Å²) in [5, 5.41) is 14.8. The van der Waals surface area contributed by atoms with Gasteiger partial charge in [0, 0.05) is 24.7 Å². The number of methoxy groups -OCH3 is 1. The summed E-state index contributed by atoms with van der Waals surface area (Å²) < 4.78 is 20.4. The lowest BCUT2D eigenvalue weighted by Gasteiger charge is -2.31. The van der Waals surface area contributed by atoms with Gasteiger partial charge in [-0.05, 0) is 49.6 Å². The fraction of sp³-hybridized carbons (Fsp3) is 0.417. The van der Waals surface area contributed by atoms with Crippen LogP contribution in [0.5, 0.6) is 0 Å². The number of benzene rings is 1. The summed E-state index contributed by atoms with van der Waals surface area (Å²) in [6.45, 7) is 6.39. The van der Waals surface area contributed by atoms with Crippen molar-refractivity contribution in [2.45, 2.75) is 45.4 Å². The third-order valence-electron chi connectivity index (χ3n) is 5.24. The molecule has 1 unspecified atom stereocenters. The van der Waals surface area contributed by atoms with Gasteiger partial charge < -0.3 is 20.5 Å². The van der Waals surface area contributed by atoms with Crippen LogP contribution in [0.15, 0.2) is 59.3 Å². The summed E-state index contributed by atoms with van der Waals surface area (Å²) in [5.41, 5.74) is 1.91. The Bertz CT molecular complexity index is 875. The SMILES string of the molecule is CCNCC.COC1(F)CC(c2ccccc2)=CC=C1NC(=O)C1=C(C(=O)O)CCC1. The average molecular weight is 431 g/mol. The number of ether oxygens (including phenoxy) is 1. The van der Waals surface area contributed by atoms with Crippen molar-refractivity contribution in [3.8, 4) is 0 Å². The monoisotopic (exact) mass is 430 g/mol. The molecule has 0 fully saturated rings. The largest absolute Gasteiger partial charge is 0.478 e. The summed E-state index contributed by atoms with van der Waals surface area (Å²) in [5.74, 6) is -3.87. The van der Waals surface area contributed by atoms with E-state index in [-0.39, 0.29) is 23.3 Å². The van der Waals surface area contributed by atoms with Gasteiger partial charge in [-0.15, -0.1) is 0 Å². The Labute approximate surface area is 182 Å². The maximum Gasteiger partial charge on any atom is 0.332 e. The molecule has 2 aliphatic rings. The van der Waals surface area contributed by atoms with Crippen molar-refractivity contribution in [1.29, 1.82) is 0 Å². The molecular weight excluding hydrogens is 399 g/mol. The quantitative estimate of drug-likeness (QED) is 0.609. The van der Waals surface area contributed by atoms with E-state index in [1.807, 2.05) is 30.3 Å². The third-order valence-corrected chi connectivity index (χ3v) is 5.24. The Morgan fingerprint density at radius 1 is 1.10 bits per heavy atom. The van der Waals surface area contributed by atoms with Crippen LogP contribution in [0, 0.1) is 0 Å². The molecule has 0 spiro atoms. The van der Waals surface area contributed by atoms with E-state index in [9.17, 15) is 14.7 Å². The Hall–Kier alpha value is -2.77. The first kappa shape index (κ1) is 24.5. The molecule has 2 aliphatic carbocycles. The second-order valence-electron chi connectivity index (χ2n) is 7.27. The number of amides is 1. The minimum atomic E-state index is -2.18. The van der Waals surface area contributed by atoms with Crippen molar-refractivity contribution in [3.63, 3.8) is 0 Å². The number of halogens is 1. The molecule has 1 amide bonds. The number of alkyl halides is 1. The molecule has 0 saturated heterocycles. The summed E-state index contributed by atoms with van der Waals surface area (Å²) >= 11 is 0. The Morgan fingerprint density at radius 2 is 1.74 bits per heavy atom. The van der Waals surface area contributed by atoms with Crippen molar-refractivity contribution in [2.75, 3.05) is 20.2 Å². The Balaban J connectivity index is 0.000000614. The standard InChI is InChI=1S/C20H20FNO4.C4H11N/c1-26-20(21)12-14(13-6-3-2-4-7-13)10-11-17(20)22-18(23)15-8-5-9-16(15)19(24)25;1-3-5-4-2/h2-4,6-7,10-11H,5,8-9,12H2,1H3,(H,22,23)(H,24,25);5H,3-4H2,1-2H3. The molecule has 0 radical (unpaired) electrons. The predicted octanol–water partition coefficient (Wildman–Crippen LogP) is 3.97. The molecule has 0 heterocycles. The lowest BCUT2D eigenvalue weighted by molar-refractivity contribution is -0.133. The second kappa shape index (κ2) is 11.6. The van der Waals surface area contributed by atoms with Crippen molar-refractivity contribution >= 4 is 17.4 Å². The number of rotatable bonds is 7. The van der Waals surface area contributed by atoms with Crippen molar-refractivity contribution in [3.05, 3.63) is 64.9 Å². The molecule has 1 atom stereocenters.